The predicted octanol–water partition coefficient (Wildman–Crippen LogP) is 2.31. The molecule has 0 saturated heterocycles. The minimum absolute atomic E-state index is 0.618. The SMILES string of the molecule is C/C=C\NC(=S)CNc1nc(C)cs1. The van der Waals surface area contributed by atoms with E-state index in [-0.39, 0.29) is 0 Å². The first-order valence-corrected chi connectivity index (χ1v) is 5.57. The zero-order valence-corrected chi connectivity index (χ0v) is 9.84. The molecule has 0 aliphatic rings. The Bertz CT molecular complexity index is 331. The Morgan fingerprint density at radius 2 is 2.50 bits per heavy atom. The lowest BCUT2D eigenvalue weighted by Crippen LogP contribution is -2.23. The molecule has 0 fully saturated rings. The highest BCUT2D eigenvalue weighted by molar-refractivity contribution is 7.80. The summed E-state index contributed by atoms with van der Waals surface area (Å²) in [7, 11) is 0. The Hall–Kier alpha value is -0.940. The van der Waals surface area contributed by atoms with Crippen molar-refractivity contribution in [3.63, 3.8) is 0 Å². The Morgan fingerprint density at radius 1 is 1.71 bits per heavy atom. The third kappa shape index (κ3) is 3.85. The molecule has 0 aliphatic heterocycles. The number of nitrogens with zero attached hydrogens (tertiary/aromatic N) is 1. The molecule has 1 heterocycles. The maximum atomic E-state index is 5.08. The van der Waals surface area contributed by atoms with Crippen LogP contribution < -0.4 is 10.6 Å². The second-order valence-electron chi connectivity index (χ2n) is 2.72. The normalized spacial score (nSPS) is 10.4. The second kappa shape index (κ2) is 5.72. The van der Waals surface area contributed by atoms with E-state index in [0.717, 1.165) is 15.8 Å². The van der Waals surface area contributed by atoms with Gasteiger partial charge in [-0.15, -0.1) is 11.3 Å². The first-order chi connectivity index (χ1) is 6.72. The van der Waals surface area contributed by atoms with Gasteiger partial charge in [0.25, 0.3) is 0 Å². The van der Waals surface area contributed by atoms with Crippen molar-refractivity contribution >= 4 is 33.7 Å². The summed E-state index contributed by atoms with van der Waals surface area (Å²) in [5.74, 6) is 0. The molecular weight excluding hydrogens is 214 g/mol. The summed E-state index contributed by atoms with van der Waals surface area (Å²) >= 11 is 6.67. The number of thiocarbonyl (C=S) groups is 1. The van der Waals surface area contributed by atoms with Gasteiger partial charge in [0.2, 0.25) is 0 Å². The third-order valence-corrected chi connectivity index (χ3v) is 2.61. The van der Waals surface area contributed by atoms with Crippen LogP contribution in [0.15, 0.2) is 17.7 Å². The quantitative estimate of drug-likeness (QED) is 0.774. The van der Waals surface area contributed by atoms with Crippen molar-refractivity contribution in [2.45, 2.75) is 13.8 Å². The third-order valence-electron chi connectivity index (χ3n) is 1.43. The van der Waals surface area contributed by atoms with Crippen molar-refractivity contribution in [2.24, 2.45) is 0 Å². The number of nitrogens with one attached hydrogen (secondary N) is 2. The van der Waals surface area contributed by atoms with E-state index in [1.807, 2.05) is 31.5 Å². The molecule has 0 spiro atoms. The number of rotatable bonds is 4. The zero-order chi connectivity index (χ0) is 10.4. The van der Waals surface area contributed by atoms with Crippen LogP contribution in [0.4, 0.5) is 5.13 Å². The van der Waals surface area contributed by atoms with Crippen LogP contribution in [-0.2, 0) is 0 Å². The standard InChI is InChI=1S/C9H13N3S2/c1-3-4-10-8(13)5-11-9-12-7(2)6-14-9/h3-4,6H,5H2,1-2H3,(H,10,13)(H,11,12)/b4-3-. The van der Waals surface area contributed by atoms with Crippen molar-refractivity contribution in [3.8, 4) is 0 Å². The summed E-state index contributed by atoms with van der Waals surface area (Å²) in [5.41, 5.74) is 1.03. The molecule has 0 amide bonds. The minimum Gasteiger partial charge on any atom is -0.355 e. The van der Waals surface area contributed by atoms with Crippen LogP contribution in [0.1, 0.15) is 12.6 Å². The van der Waals surface area contributed by atoms with Crippen LogP contribution in [0.3, 0.4) is 0 Å². The molecule has 3 nitrogen and oxygen atoms in total. The first-order valence-electron chi connectivity index (χ1n) is 4.29. The van der Waals surface area contributed by atoms with Crippen LogP contribution in [0.2, 0.25) is 0 Å². The second-order valence-corrected chi connectivity index (χ2v) is 4.07. The summed E-state index contributed by atoms with van der Waals surface area (Å²) < 4.78 is 0. The molecule has 0 radical (unpaired) electrons. The maximum absolute atomic E-state index is 5.08. The summed E-state index contributed by atoms with van der Waals surface area (Å²) in [4.78, 5) is 5.03. The maximum Gasteiger partial charge on any atom is 0.183 e. The number of hydrogen-bond donors (Lipinski definition) is 2. The van der Waals surface area contributed by atoms with Gasteiger partial charge in [0.1, 0.15) is 0 Å². The summed E-state index contributed by atoms with van der Waals surface area (Å²) in [6.07, 6.45) is 3.72. The molecular formula is C9H13N3S2. The summed E-state index contributed by atoms with van der Waals surface area (Å²) in [5, 5.41) is 9.03. The minimum atomic E-state index is 0.618. The number of anilines is 1. The van der Waals surface area contributed by atoms with Crippen LogP contribution in [-0.4, -0.2) is 16.5 Å². The number of hydrogen-bond acceptors (Lipinski definition) is 4. The Labute approximate surface area is 93.2 Å². The molecule has 2 N–H and O–H groups in total. The van der Waals surface area contributed by atoms with Crippen LogP contribution in [0.25, 0.3) is 0 Å². The topological polar surface area (TPSA) is 37.0 Å². The van der Waals surface area contributed by atoms with Crippen LogP contribution in [0.5, 0.6) is 0 Å². The summed E-state index contributed by atoms with van der Waals surface area (Å²) in [6, 6.07) is 0. The monoisotopic (exact) mass is 227 g/mol. The molecule has 0 bridgehead atoms. The van der Waals surface area contributed by atoms with E-state index in [1.165, 1.54) is 0 Å². The number of aryl methyl sites for hydroxylation is 1. The number of thiazole rings is 1. The molecule has 0 aliphatic carbocycles. The fourth-order valence-corrected chi connectivity index (χ4v) is 1.65. The number of aromatic nitrogens is 1. The molecule has 1 aromatic heterocycles. The fourth-order valence-electron chi connectivity index (χ4n) is 0.818. The average molecular weight is 227 g/mol. The Kier molecular flexibility index (Phi) is 4.55. The van der Waals surface area contributed by atoms with Crippen molar-refractivity contribution in [1.82, 2.24) is 10.3 Å². The van der Waals surface area contributed by atoms with E-state index >= 15 is 0 Å². The van der Waals surface area contributed by atoms with Crippen LogP contribution in [0, 0.1) is 6.92 Å². The van der Waals surface area contributed by atoms with Gasteiger partial charge in [0, 0.05) is 5.38 Å². The fraction of sp³-hybridized carbons (Fsp3) is 0.333. The van der Waals surface area contributed by atoms with Crippen LogP contribution >= 0.6 is 23.6 Å². The predicted molar refractivity (Wildman–Crippen MR) is 65.9 cm³/mol. The van der Waals surface area contributed by atoms with E-state index in [4.69, 9.17) is 12.2 Å². The Morgan fingerprint density at radius 3 is 3.07 bits per heavy atom. The van der Waals surface area contributed by atoms with E-state index in [0.29, 0.717) is 6.54 Å². The lowest BCUT2D eigenvalue weighted by molar-refractivity contribution is 1.20. The molecule has 0 saturated carbocycles. The first kappa shape index (κ1) is 11.1. The summed E-state index contributed by atoms with van der Waals surface area (Å²) in [6.45, 7) is 4.53. The van der Waals surface area contributed by atoms with Gasteiger partial charge in [-0.25, -0.2) is 4.98 Å². The highest BCUT2D eigenvalue weighted by atomic mass is 32.1. The van der Waals surface area contributed by atoms with Gasteiger partial charge in [-0.05, 0) is 20.0 Å². The van der Waals surface area contributed by atoms with Gasteiger partial charge in [0.05, 0.1) is 17.2 Å². The van der Waals surface area contributed by atoms with E-state index in [9.17, 15) is 0 Å². The Balaban J connectivity index is 2.30. The van der Waals surface area contributed by atoms with Gasteiger partial charge >= 0.3 is 0 Å². The molecule has 5 heteroatoms. The average Bonchev–Trinajstić information content (AvgIpc) is 2.58. The van der Waals surface area contributed by atoms with E-state index in [2.05, 4.69) is 15.6 Å². The van der Waals surface area contributed by atoms with Gasteiger partial charge in [-0.1, -0.05) is 18.3 Å². The van der Waals surface area contributed by atoms with Gasteiger partial charge < -0.3 is 10.6 Å². The molecule has 14 heavy (non-hydrogen) atoms. The lowest BCUT2D eigenvalue weighted by Gasteiger charge is -2.03. The molecule has 1 aromatic rings. The highest BCUT2D eigenvalue weighted by Gasteiger charge is 1.98. The lowest BCUT2D eigenvalue weighted by atomic mass is 10.6. The van der Waals surface area contributed by atoms with Gasteiger partial charge in [0.15, 0.2) is 5.13 Å². The van der Waals surface area contributed by atoms with E-state index < -0.39 is 0 Å². The smallest absolute Gasteiger partial charge is 0.183 e. The van der Waals surface area contributed by atoms with Crippen molar-refractivity contribution in [2.75, 3.05) is 11.9 Å². The van der Waals surface area contributed by atoms with Crippen molar-refractivity contribution in [3.05, 3.63) is 23.3 Å². The number of allylic oxidation sites excluding steroid dienone is 1. The van der Waals surface area contributed by atoms with Crippen molar-refractivity contribution < 1.29 is 0 Å². The highest BCUT2D eigenvalue weighted by Crippen LogP contribution is 2.13. The van der Waals surface area contributed by atoms with E-state index in [1.54, 1.807) is 11.3 Å². The van der Waals surface area contributed by atoms with Gasteiger partial charge in [-0.2, -0.15) is 0 Å². The molecule has 0 aromatic carbocycles. The molecule has 76 valence electrons. The molecule has 0 unspecified atom stereocenters. The zero-order valence-electron chi connectivity index (χ0n) is 8.20. The largest absolute Gasteiger partial charge is 0.355 e. The molecule has 0 atom stereocenters. The van der Waals surface area contributed by atoms with Crippen molar-refractivity contribution in [1.29, 1.82) is 0 Å². The van der Waals surface area contributed by atoms with Gasteiger partial charge in [-0.3, -0.25) is 0 Å². The molecule has 1 rings (SSSR count).